The third-order valence-corrected chi connectivity index (χ3v) is 3.98. The van der Waals surface area contributed by atoms with Gasteiger partial charge in [-0.1, -0.05) is 42.3 Å². The minimum Gasteiger partial charge on any atom is -0.289 e. The third-order valence-electron chi connectivity index (χ3n) is 3.16. The van der Waals surface area contributed by atoms with Gasteiger partial charge in [0.15, 0.2) is 5.78 Å². The molecule has 0 saturated carbocycles. The summed E-state index contributed by atoms with van der Waals surface area (Å²) in [5.74, 6) is 0.686. The second kappa shape index (κ2) is 5.24. The van der Waals surface area contributed by atoms with Crippen LogP contribution in [0.5, 0.6) is 0 Å². The van der Waals surface area contributed by atoms with Gasteiger partial charge in [-0.2, -0.15) is 0 Å². The molecule has 1 aliphatic carbocycles. The number of hydrogen-bond donors (Lipinski definition) is 0. The topological polar surface area (TPSA) is 17.1 Å². The first-order valence-electron chi connectivity index (χ1n) is 5.77. The van der Waals surface area contributed by atoms with Gasteiger partial charge in [-0.3, -0.25) is 4.79 Å². The molecule has 0 heterocycles. The lowest BCUT2D eigenvalue weighted by Crippen LogP contribution is -2.10. The predicted octanol–water partition coefficient (Wildman–Crippen LogP) is 4.92. The number of Topliss-reactive ketones (excluding diaryl/α,β-unsaturated/α-hetero) is 1. The van der Waals surface area contributed by atoms with E-state index in [1.165, 1.54) is 0 Å². The second-order valence-corrected chi connectivity index (χ2v) is 5.32. The number of carbonyl (C=O) groups excluding carboxylic acids is 1. The highest BCUT2D eigenvalue weighted by atomic mass is 35.5. The summed E-state index contributed by atoms with van der Waals surface area (Å²) in [7, 11) is 0. The van der Waals surface area contributed by atoms with Crippen molar-refractivity contribution < 1.29 is 4.79 Å². The number of hydrogen-bond acceptors (Lipinski definition) is 1. The highest BCUT2D eigenvalue weighted by Gasteiger charge is 2.20. The van der Waals surface area contributed by atoms with E-state index in [0.717, 1.165) is 24.8 Å². The lowest BCUT2D eigenvalue weighted by Gasteiger charge is -2.17. The fourth-order valence-electron chi connectivity index (χ4n) is 2.02. The van der Waals surface area contributed by atoms with Gasteiger partial charge in [0.25, 0.3) is 0 Å². The Labute approximate surface area is 111 Å². The largest absolute Gasteiger partial charge is 0.289 e. The molecule has 0 amide bonds. The smallest absolute Gasteiger partial charge is 0.190 e. The molecule has 1 nitrogen and oxygen atoms in total. The van der Waals surface area contributed by atoms with E-state index in [1.807, 2.05) is 6.08 Å². The Morgan fingerprint density at radius 3 is 2.76 bits per heavy atom. The van der Waals surface area contributed by atoms with Gasteiger partial charge in [0.1, 0.15) is 0 Å². The molecule has 0 spiro atoms. The van der Waals surface area contributed by atoms with Crippen LogP contribution in [0.4, 0.5) is 0 Å². The minimum atomic E-state index is 0.0180. The first-order valence-corrected chi connectivity index (χ1v) is 6.53. The van der Waals surface area contributed by atoms with Crippen LogP contribution in [-0.4, -0.2) is 5.78 Å². The molecule has 1 aliphatic rings. The molecule has 0 radical (unpaired) electrons. The molecule has 1 aromatic carbocycles. The zero-order chi connectivity index (χ0) is 12.4. The van der Waals surface area contributed by atoms with Crippen LogP contribution in [0.3, 0.4) is 0 Å². The highest BCUT2D eigenvalue weighted by Crippen LogP contribution is 2.30. The Morgan fingerprint density at radius 2 is 2.12 bits per heavy atom. The predicted molar refractivity (Wildman–Crippen MR) is 71.9 cm³/mol. The zero-order valence-corrected chi connectivity index (χ0v) is 11.2. The van der Waals surface area contributed by atoms with Crippen LogP contribution in [-0.2, 0) is 0 Å². The zero-order valence-electron chi connectivity index (χ0n) is 9.67. The number of allylic oxidation sites excluding steroid dienone is 2. The number of benzene rings is 1. The molecule has 0 saturated heterocycles. The van der Waals surface area contributed by atoms with E-state index in [9.17, 15) is 4.79 Å². The summed E-state index contributed by atoms with van der Waals surface area (Å²) in [6.45, 7) is 2.20. The van der Waals surface area contributed by atoms with Crippen molar-refractivity contribution in [3.63, 3.8) is 0 Å². The van der Waals surface area contributed by atoms with Gasteiger partial charge in [0.05, 0.1) is 10.0 Å². The Hall–Kier alpha value is -0.790. The fraction of sp³-hybridized carbons (Fsp3) is 0.357. The molecular formula is C14H14Cl2O. The first-order chi connectivity index (χ1) is 8.09. The summed E-state index contributed by atoms with van der Waals surface area (Å²) in [5, 5.41) is 0.793. The van der Waals surface area contributed by atoms with Crippen molar-refractivity contribution in [2.75, 3.05) is 0 Å². The molecule has 0 bridgehead atoms. The molecule has 3 heteroatoms. The van der Waals surface area contributed by atoms with Crippen molar-refractivity contribution in [1.82, 2.24) is 0 Å². The summed E-state index contributed by atoms with van der Waals surface area (Å²) < 4.78 is 0. The van der Waals surface area contributed by atoms with Gasteiger partial charge in [0, 0.05) is 5.56 Å². The number of ketones is 1. The molecule has 0 N–H and O–H groups in total. The monoisotopic (exact) mass is 268 g/mol. The van der Waals surface area contributed by atoms with Gasteiger partial charge >= 0.3 is 0 Å². The van der Waals surface area contributed by atoms with Crippen LogP contribution < -0.4 is 0 Å². The highest BCUT2D eigenvalue weighted by molar-refractivity contribution is 6.44. The maximum Gasteiger partial charge on any atom is 0.190 e. The normalized spacial score (nSPS) is 19.9. The molecule has 90 valence electrons. The SMILES string of the molecule is CC1CC=C(C(=O)c2cccc(Cl)c2Cl)CC1. The molecular weight excluding hydrogens is 255 g/mol. The number of rotatable bonds is 2. The molecule has 1 aromatic rings. The van der Waals surface area contributed by atoms with Gasteiger partial charge in [-0.25, -0.2) is 0 Å². The van der Waals surface area contributed by atoms with Crippen LogP contribution in [0.1, 0.15) is 36.5 Å². The summed E-state index contributed by atoms with van der Waals surface area (Å²) in [4.78, 5) is 12.3. The van der Waals surface area contributed by atoms with Crippen LogP contribution in [0, 0.1) is 5.92 Å². The maximum atomic E-state index is 12.3. The average molecular weight is 269 g/mol. The van der Waals surface area contributed by atoms with E-state index in [-0.39, 0.29) is 5.78 Å². The standard InChI is InChI=1S/C14H14Cl2O/c1-9-5-7-10(8-6-9)14(17)11-3-2-4-12(15)13(11)16/h2-4,7,9H,5-6,8H2,1H3. The van der Waals surface area contributed by atoms with Crippen molar-refractivity contribution in [2.24, 2.45) is 5.92 Å². The van der Waals surface area contributed by atoms with Crippen LogP contribution in [0.2, 0.25) is 10.0 Å². The average Bonchev–Trinajstić information content (AvgIpc) is 2.33. The molecule has 0 aromatic heterocycles. The van der Waals surface area contributed by atoms with Crippen molar-refractivity contribution in [3.8, 4) is 0 Å². The fourth-order valence-corrected chi connectivity index (χ4v) is 2.41. The Morgan fingerprint density at radius 1 is 1.35 bits per heavy atom. The van der Waals surface area contributed by atoms with E-state index in [4.69, 9.17) is 23.2 Å². The summed E-state index contributed by atoms with van der Waals surface area (Å²) in [5.41, 5.74) is 1.38. The Kier molecular flexibility index (Phi) is 3.90. The second-order valence-electron chi connectivity index (χ2n) is 4.54. The van der Waals surface area contributed by atoms with E-state index in [1.54, 1.807) is 18.2 Å². The van der Waals surface area contributed by atoms with Crippen LogP contribution >= 0.6 is 23.2 Å². The summed E-state index contributed by atoms with van der Waals surface area (Å²) in [6, 6.07) is 5.18. The van der Waals surface area contributed by atoms with Gasteiger partial charge in [-0.05, 0) is 42.9 Å². The molecule has 17 heavy (non-hydrogen) atoms. The molecule has 1 unspecified atom stereocenters. The van der Waals surface area contributed by atoms with E-state index in [0.29, 0.717) is 21.5 Å². The van der Waals surface area contributed by atoms with Gasteiger partial charge < -0.3 is 0 Å². The van der Waals surface area contributed by atoms with Crippen molar-refractivity contribution >= 4 is 29.0 Å². The molecule has 2 rings (SSSR count). The van der Waals surface area contributed by atoms with Crippen molar-refractivity contribution in [1.29, 1.82) is 0 Å². The minimum absolute atomic E-state index is 0.0180. The van der Waals surface area contributed by atoms with Gasteiger partial charge in [-0.15, -0.1) is 0 Å². The van der Waals surface area contributed by atoms with Crippen molar-refractivity contribution in [2.45, 2.75) is 26.2 Å². The van der Waals surface area contributed by atoms with Gasteiger partial charge in [0.2, 0.25) is 0 Å². The summed E-state index contributed by atoms with van der Waals surface area (Å²) in [6.07, 6.45) is 4.91. The number of carbonyl (C=O) groups is 1. The molecule has 0 aliphatic heterocycles. The maximum absolute atomic E-state index is 12.3. The van der Waals surface area contributed by atoms with Crippen LogP contribution in [0.25, 0.3) is 0 Å². The van der Waals surface area contributed by atoms with E-state index in [2.05, 4.69) is 6.92 Å². The lowest BCUT2D eigenvalue weighted by atomic mass is 9.87. The van der Waals surface area contributed by atoms with E-state index < -0.39 is 0 Å². The molecule has 1 atom stereocenters. The quantitative estimate of drug-likeness (QED) is 0.696. The first kappa shape index (κ1) is 12.7. The number of halogens is 2. The summed E-state index contributed by atoms with van der Waals surface area (Å²) >= 11 is 12.0. The third kappa shape index (κ3) is 2.72. The molecule has 0 fully saturated rings. The van der Waals surface area contributed by atoms with Crippen LogP contribution in [0.15, 0.2) is 29.8 Å². The van der Waals surface area contributed by atoms with Crippen molar-refractivity contribution in [3.05, 3.63) is 45.5 Å². The Balaban J connectivity index is 2.29. The van der Waals surface area contributed by atoms with E-state index >= 15 is 0 Å². The Bertz CT molecular complexity index is 477. The lowest BCUT2D eigenvalue weighted by molar-refractivity contribution is 0.102.